The molecule has 6 heteroatoms. The zero-order valence-corrected chi connectivity index (χ0v) is 15.1. The zero-order valence-electron chi connectivity index (χ0n) is 14.3. The number of amides is 1. The lowest BCUT2D eigenvalue weighted by Gasteiger charge is -2.17. The number of ketones is 1. The molecular formula is C21H17NO4S. The van der Waals surface area contributed by atoms with Crippen LogP contribution in [0, 0.1) is 0 Å². The van der Waals surface area contributed by atoms with Gasteiger partial charge >= 0.3 is 0 Å². The van der Waals surface area contributed by atoms with Gasteiger partial charge in [0.05, 0.1) is 4.90 Å². The van der Waals surface area contributed by atoms with E-state index in [9.17, 15) is 18.0 Å². The van der Waals surface area contributed by atoms with Gasteiger partial charge in [-0.15, -0.1) is 0 Å². The number of nitrogens with one attached hydrogen (secondary N) is 1. The summed E-state index contributed by atoms with van der Waals surface area (Å²) in [5.41, 5.74) is 0.571. The summed E-state index contributed by atoms with van der Waals surface area (Å²) in [7, 11) is -4.23. The Bertz CT molecular complexity index is 1030. The van der Waals surface area contributed by atoms with E-state index in [1.807, 2.05) is 0 Å². The van der Waals surface area contributed by atoms with E-state index in [1.54, 1.807) is 66.7 Å². The number of sulfone groups is 1. The van der Waals surface area contributed by atoms with Gasteiger partial charge < -0.3 is 5.32 Å². The van der Waals surface area contributed by atoms with Crippen molar-refractivity contribution in [1.82, 2.24) is 0 Å². The standard InChI is InChI=1S/C21H17NO4S/c23-19(16-10-4-1-5-11-16)20(21(24)22-17-12-6-2-7-13-17)27(25,26)18-14-8-3-9-15-18/h1-15,20H,(H,22,24)/t20-/m0/s1. The molecule has 0 heterocycles. The van der Waals surface area contributed by atoms with Crippen molar-refractivity contribution in [3.05, 3.63) is 96.6 Å². The molecule has 0 fully saturated rings. The van der Waals surface area contributed by atoms with Crippen LogP contribution in [-0.4, -0.2) is 25.4 Å². The van der Waals surface area contributed by atoms with E-state index in [2.05, 4.69) is 5.32 Å². The number of hydrogen-bond donors (Lipinski definition) is 1. The maximum atomic E-state index is 13.1. The molecule has 1 amide bonds. The average Bonchev–Trinajstić information content (AvgIpc) is 2.70. The van der Waals surface area contributed by atoms with Gasteiger partial charge in [-0.25, -0.2) is 8.42 Å². The Kier molecular flexibility index (Phi) is 5.47. The molecule has 3 aromatic carbocycles. The van der Waals surface area contributed by atoms with Crippen molar-refractivity contribution in [2.45, 2.75) is 10.1 Å². The van der Waals surface area contributed by atoms with E-state index in [4.69, 9.17) is 0 Å². The Morgan fingerprint density at radius 1 is 0.704 bits per heavy atom. The maximum Gasteiger partial charge on any atom is 0.251 e. The summed E-state index contributed by atoms with van der Waals surface area (Å²) >= 11 is 0. The van der Waals surface area contributed by atoms with Gasteiger partial charge in [-0.05, 0) is 24.3 Å². The van der Waals surface area contributed by atoms with Gasteiger partial charge in [-0.2, -0.15) is 0 Å². The molecule has 3 rings (SSSR count). The average molecular weight is 379 g/mol. The summed E-state index contributed by atoms with van der Waals surface area (Å²) in [4.78, 5) is 25.7. The first kappa shape index (κ1) is 18.5. The summed E-state index contributed by atoms with van der Waals surface area (Å²) in [6, 6.07) is 23.9. The summed E-state index contributed by atoms with van der Waals surface area (Å²) in [5.74, 6) is -1.66. The Balaban J connectivity index is 2.04. The van der Waals surface area contributed by atoms with Crippen LogP contribution >= 0.6 is 0 Å². The molecule has 0 spiro atoms. The first-order valence-electron chi connectivity index (χ1n) is 8.24. The van der Waals surface area contributed by atoms with Crippen molar-refractivity contribution < 1.29 is 18.0 Å². The topological polar surface area (TPSA) is 80.3 Å². The number of Topliss-reactive ketones (excluding diaryl/α,β-unsaturated/α-hetero) is 1. The highest BCUT2D eigenvalue weighted by Gasteiger charge is 2.40. The quantitative estimate of drug-likeness (QED) is 0.526. The van der Waals surface area contributed by atoms with Gasteiger partial charge in [0.1, 0.15) is 0 Å². The van der Waals surface area contributed by atoms with Crippen LogP contribution in [0.25, 0.3) is 0 Å². The van der Waals surface area contributed by atoms with Gasteiger partial charge in [0, 0.05) is 11.3 Å². The third-order valence-electron chi connectivity index (χ3n) is 3.96. The van der Waals surface area contributed by atoms with E-state index in [0.29, 0.717) is 5.69 Å². The summed E-state index contributed by atoms with van der Waals surface area (Å²) in [5, 5.41) is 0.643. The normalized spacial score (nSPS) is 12.1. The van der Waals surface area contributed by atoms with Crippen LogP contribution in [-0.2, 0) is 14.6 Å². The van der Waals surface area contributed by atoms with Crippen molar-refractivity contribution in [2.24, 2.45) is 0 Å². The fraction of sp³-hybridized carbons (Fsp3) is 0.0476. The highest BCUT2D eigenvalue weighted by molar-refractivity contribution is 7.93. The number of hydrogen-bond acceptors (Lipinski definition) is 4. The molecular weight excluding hydrogens is 362 g/mol. The van der Waals surface area contributed by atoms with Crippen LogP contribution in [0.3, 0.4) is 0 Å². The van der Waals surface area contributed by atoms with Crippen molar-refractivity contribution in [3.8, 4) is 0 Å². The minimum atomic E-state index is -4.23. The first-order valence-corrected chi connectivity index (χ1v) is 9.79. The molecule has 1 N–H and O–H groups in total. The van der Waals surface area contributed by atoms with Crippen LogP contribution in [0.5, 0.6) is 0 Å². The van der Waals surface area contributed by atoms with Crippen LogP contribution in [0.1, 0.15) is 10.4 Å². The number of benzene rings is 3. The highest BCUT2D eigenvalue weighted by Crippen LogP contribution is 2.21. The maximum absolute atomic E-state index is 13.1. The number of carbonyl (C=O) groups is 2. The molecule has 0 aliphatic carbocycles. The lowest BCUT2D eigenvalue weighted by molar-refractivity contribution is -0.115. The van der Waals surface area contributed by atoms with E-state index < -0.39 is 26.8 Å². The largest absolute Gasteiger partial charge is 0.325 e. The third-order valence-corrected chi connectivity index (χ3v) is 5.94. The lowest BCUT2D eigenvalue weighted by Crippen LogP contribution is -2.41. The Labute approximate surface area is 157 Å². The van der Waals surface area contributed by atoms with Crippen LogP contribution in [0.15, 0.2) is 95.9 Å². The molecule has 0 saturated carbocycles. The van der Waals surface area contributed by atoms with E-state index in [1.165, 1.54) is 24.3 Å². The molecule has 0 unspecified atom stereocenters. The highest BCUT2D eigenvalue weighted by atomic mass is 32.2. The molecule has 27 heavy (non-hydrogen) atoms. The van der Waals surface area contributed by atoms with Crippen LogP contribution < -0.4 is 5.32 Å². The van der Waals surface area contributed by atoms with Gasteiger partial charge in [0.2, 0.25) is 5.25 Å². The van der Waals surface area contributed by atoms with Crippen LogP contribution in [0.4, 0.5) is 5.69 Å². The van der Waals surface area contributed by atoms with Gasteiger partial charge in [-0.1, -0.05) is 66.7 Å². The number of rotatable bonds is 6. The van der Waals surface area contributed by atoms with Crippen molar-refractivity contribution >= 4 is 27.2 Å². The molecule has 0 aliphatic rings. The van der Waals surface area contributed by atoms with Gasteiger partial charge in [-0.3, -0.25) is 9.59 Å². The van der Waals surface area contributed by atoms with E-state index >= 15 is 0 Å². The number of anilines is 1. The fourth-order valence-electron chi connectivity index (χ4n) is 2.63. The lowest BCUT2D eigenvalue weighted by atomic mass is 10.1. The summed E-state index contributed by atoms with van der Waals surface area (Å²) in [6.07, 6.45) is 0. The first-order chi connectivity index (χ1) is 13.0. The predicted molar refractivity (Wildman–Crippen MR) is 103 cm³/mol. The second-order valence-corrected chi connectivity index (χ2v) is 7.86. The molecule has 0 aliphatic heterocycles. The second-order valence-electron chi connectivity index (χ2n) is 5.82. The Hall–Kier alpha value is -3.25. The smallest absolute Gasteiger partial charge is 0.251 e. The Morgan fingerprint density at radius 2 is 1.19 bits per heavy atom. The predicted octanol–water partition coefficient (Wildman–Crippen LogP) is 3.35. The van der Waals surface area contributed by atoms with Crippen LogP contribution in [0.2, 0.25) is 0 Å². The molecule has 0 aromatic heterocycles. The van der Waals surface area contributed by atoms with Crippen molar-refractivity contribution in [3.63, 3.8) is 0 Å². The molecule has 0 bridgehead atoms. The van der Waals surface area contributed by atoms with Gasteiger partial charge in [0.15, 0.2) is 15.6 Å². The second kappa shape index (κ2) is 7.97. The molecule has 0 saturated heterocycles. The third kappa shape index (κ3) is 4.12. The van der Waals surface area contributed by atoms with Gasteiger partial charge in [0.25, 0.3) is 5.91 Å². The van der Waals surface area contributed by atoms with E-state index in [-0.39, 0.29) is 10.5 Å². The van der Waals surface area contributed by atoms with Crippen molar-refractivity contribution in [1.29, 1.82) is 0 Å². The summed E-state index contributed by atoms with van der Waals surface area (Å²) < 4.78 is 26.2. The molecule has 1 atom stereocenters. The fourth-order valence-corrected chi connectivity index (χ4v) is 4.20. The SMILES string of the molecule is O=C(Nc1ccccc1)[C@H](C(=O)c1ccccc1)S(=O)(=O)c1ccccc1. The zero-order chi connectivity index (χ0) is 19.3. The summed E-state index contributed by atoms with van der Waals surface area (Å²) in [6.45, 7) is 0. The minimum absolute atomic E-state index is 0.0810. The van der Waals surface area contributed by atoms with E-state index in [0.717, 1.165) is 0 Å². The monoisotopic (exact) mass is 379 g/mol. The van der Waals surface area contributed by atoms with Crippen molar-refractivity contribution in [2.75, 3.05) is 5.32 Å². The Morgan fingerprint density at radius 3 is 1.74 bits per heavy atom. The molecule has 0 radical (unpaired) electrons. The molecule has 5 nitrogen and oxygen atoms in total. The minimum Gasteiger partial charge on any atom is -0.325 e. The molecule has 136 valence electrons. The number of para-hydroxylation sites is 1. The number of carbonyl (C=O) groups excluding carboxylic acids is 2. The molecule has 3 aromatic rings.